The van der Waals surface area contributed by atoms with Crippen LogP contribution in [0.15, 0.2) is 42.5 Å². The molecule has 9 atom stereocenters. The standard InChI is InChI=1S/C40H48ClF2N7O9/c1-20-12-32-39(57)59-22(3)33(47-34(52)29(15-23-13-25(42)16-26(43)14-23)46-40(58)45-27-9-7-24(41)8-10-27)38(56)50-19-28(51)17-31(50)37(55)48-11-5-4-6-30(48)35(53)44-21(2)36(54)49(32)18-20/h7-10,13-14,16,20-22,28-33,51H,4-6,11-12,15,17-19H2,1-3H3,(H,44,53)(H,47,52)(H2,45,46,58)/t20-,21+,22+,28-,29+,30+,31+,32?,33+/m1/s1. The quantitative estimate of drug-likeness (QED) is 0.269. The monoisotopic (exact) mass is 843 g/mol. The predicted molar refractivity (Wildman–Crippen MR) is 207 cm³/mol. The normalized spacial score (nSPS) is 28.5. The van der Waals surface area contributed by atoms with Crippen LogP contribution in [0, 0.1) is 17.6 Å². The van der Waals surface area contributed by atoms with Gasteiger partial charge >= 0.3 is 12.0 Å². The van der Waals surface area contributed by atoms with Crippen molar-refractivity contribution < 1.29 is 52.2 Å². The third kappa shape index (κ3) is 10.1. The fourth-order valence-electron chi connectivity index (χ4n) is 8.26. The van der Waals surface area contributed by atoms with E-state index in [1.165, 1.54) is 47.9 Å². The summed E-state index contributed by atoms with van der Waals surface area (Å²) in [6.07, 6.45) is -1.67. The van der Waals surface area contributed by atoms with E-state index in [1.807, 2.05) is 6.92 Å². The molecule has 0 radical (unpaired) electrons. The minimum absolute atomic E-state index is 0.0268. The Hall–Kier alpha value is -5.36. The van der Waals surface area contributed by atoms with Gasteiger partial charge in [-0.05, 0) is 87.4 Å². The molecule has 4 saturated heterocycles. The maximum Gasteiger partial charge on any atom is 0.329 e. The SMILES string of the molecule is C[C@@H]1CC2C(=O)O[C@@H](C)[C@H](NC(=O)[C@H](Cc3cc(F)cc(F)c3)NC(=O)Nc3ccc(Cl)cc3)C(=O)N3C[C@H](O)C[C@H]3C(=O)N3CCCC[C@H]3C(=O)N[C@@H](C)C(=O)N2C1. The summed E-state index contributed by atoms with van der Waals surface area (Å²) in [6.45, 7) is 4.64. The van der Waals surface area contributed by atoms with Crippen molar-refractivity contribution in [2.45, 2.75) is 108 Å². The number of aliphatic hydroxyl groups is 1. The van der Waals surface area contributed by atoms with Crippen molar-refractivity contribution >= 4 is 58.8 Å². The van der Waals surface area contributed by atoms with Gasteiger partial charge in [0.25, 0.3) is 0 Å². The fourth-order valence-corrected chi connectivity index (χ4v) is 8.38. The molecule has 0 saturated carbocycles. The number of aliphatic hydroxyl groups excluding tert-OH is 1. The molecule has 4 aliphatic heterocycles. The van der Waals surface area contributed by atoms with Gasteiger partial charge in [0.2, 0.25) is 29.5 Å². The van der Waals surface area contributed by atoms with E-state index in [0.29, 0.717) is 23.9 Å². The zero-order chi connectivity index (χ0) is 42.7. The number of rotatable bonds is 6. The van der Waals surface area contributed by atoms with Crippen LogP contribution in [0.3, 0.4) is 0 Å². The number of piperidine rings is 1. The lowest BCUT2D eigenvalue weighted by molar-refractivity contribution is -0.163. The van der Waals surface area contributed by atoms with Crippen molar-refractivity contribution in [1.29, 1.82) is 0 Å². The molecule has 4 fully saturated rings. The number of amides is 7. The van der Waals surface area contributed by atoms with Crippen LogP contribution in [0.2, 0.25) is 5.02 Å². The Morgan fingerprint density at radius 1 is 0.881 bits per heavy atom. The summed E-state index contributed by atoms with van der Waals surface area (Å²) in [6, 6.07) is -0.136. The van der Waals surface area contributed by atoms with Gasteiger partial charge in [0.05, 0.1) is 6.10 Å². The van der Waals surface area contributed by atoms with Crippen LogP contribution in [0.4, 0.5) is 19.3 Å². The van der Waals surface area contributed by atoms with E-state index in [2.05, 4.69) is 21.3 Å². The third-order valence-corrected chi connectivity index (χ3v) is 11.4. The van der Waals surface area contributed by atoms with Crippen LogP contribution in [-0.4, -0.2) is 129 Å². The highest BCUT2D eigenvalue weighted by atomic mass is 35.5. The highest BCUT2D eigenvalue weighted by Crippen LogP contribution is 2.29. The van der Waals surface area contributed by atoms with Crippen molar-refractivity contribution in [3.63, 3.8) is 0 Å². The molecule has 5 N–H and O–H groups in total. The lowest BCUT2D eigenvalue weighted by Gasteiger charge is -2.39. The third-order valence-electron chi connectivity index (χ3n) is 11.2. The number of esters is 1. The molecule has 0 aliphatic carbocycles. The molecule has 16 nitrogen and oxygen atoms in total. The van der Waals surface area contributed by atoms with E-state index in [1.54, 1.807) is 0 Å². The second-order valence-corrected chi connectivity index (χ2v) is 16.2. The molecule has 1 unspecified atom stereocenters. The molecule has 2 aromatic rings. The Labute approximate surface area is 344 Å². The van der Waals surface area contributed by atoms with Crippen molar-refractivity contribution in [3.8, 4) is 0 Å². The number of ether oxygens (including phenoxy) is 1. The largest absolute Gasteiger partial charge is 0.458 e. The van der Waals surface area contributed by atoms with E-state index >= 15 is 0 Å². The average Bonchev–Trinajstić information content (AvgIpc) is 3.78. The summed E-state index contributed by atoms with van der Waals surface area (Å²) in [4.78, 5) is 102. The molecule has 4 heterocycles. The number of fused-ring (bicyclic) bond motifs is 3. The predicted octanol–water partition coefficient (Wildman–Crippen LogP) is 1.87. The molecule has 4 aliphatic rings. The van der Waals surface area contributed by atoms with Gasteiger partial charge in [-0.2, -0.15) is 0 Å². The van der Waals surface area contributed by atoms with Crippen LogP contribution < -0.4 is 21.3 Å². The van der Waals surface area contributed by atoms with Crippen molar-refractivity contribution in [2.24, 2.45) is 5.92 Å². The molecular formula is C40H48ClF2N7O9. The Balaban J connectivity index is 1.35. The first-order chi connectivity index (χ1) is 28.0. The van der Waals surface area contributed by atoms with Crippen molar-refractivity contribution in [2.75, 3.05) is 25.0 Å². The number of benzene rings is 2. The Morgan fingerprint density at radius 2 is 1.56 bits per heavy atom. The summed E-state index contributed by atoms with van der Waals surface area (Å²) >= 11 is 5.96. The average molecular weight is 844 g/mol. The first kappa shape index (κ1) is 43.2. The molecule has 59 heavy (non-hydrogen) atoms. The van der Waals surface area contributed by atoms with Crippen LogP contribution in [0.5, 0.6) is 0 Å². The molecule has 0 spiro atoms. The lowest BCUT2D eigenvalue weighted by Crippen LogP contribution is -2.63. The van der Waals surface area contributed by atoms with Gasteiger partial charge in [0.1, 0.15) is 54.0 Å². The van der Waals surface area contributed by atoms with Gasteiger partial charge < -0.3 is 45.8 Å². The van der Waals surface area contributed by atoms with Crippen LogP contribution in [0.1, 0.15) is 58.4 Å². The number of urea groups is 1. The summed E-state index contributed by atoms with van der Waals surface area (Å²) in [7, 11) is 0. The first-order valence-corrected chi connectivity index (χ1v) is 20.1. The van der Waals surface area contributed by atoms with Gasteiger partial charge in [-0.15, -0.1) is 0 Å². The maximum atomic E-state index is 14.7. The zero-order valence-electron chi connectivity index (χ0n) is 32.8. The smallest absolute Gasteiger partial charge is 0.329 e. The minimum Gasteiger partial charge on any atom is -0.458 e. The maximum absolute atomic E-state index is 14.7. The number of nitrogens with one attached hydrogen (secondary N) is 4. The Bertz CT molecular complexity index is 1960. The summed E-state index contributed by atoms with van der Waals surface area (Å²) in [5.41, 5.74) is 0.261. The fraction of sp³-hybridized carbons (Fsp3) is 0.525. The zero-order valence-corrected chi connectivity index (χ0v) is 33.5. The first-order valence-electron chi connectivity index (χ1n) is 19.7. The van der Waals surface area contributed by atoms with E-state index in [4.69, 9.17) is 16.3 Å². The van der Waals surface area contributed by atoms with Crippen molar-refractivity contribution in [1.82, 2.24) is 30.7 Å². The molecule has 0 aromatic heterocycles. The summed E-state index contributed by atoms with van der Waals surface area (Å²) in [5.74, 6) is -6.66. The van der Waals surface area contributed by atoms with Gasteiger partial charge in [0, 0.05) is 49.3 Å². The number of carbonyl (C=O) groups excluding carboxylic acids is 7. The van der Waals surface area contributed by atoms with E-state index in [-0.39, 0.29) is 56.1 Å². The van der Waals surface area contributed by atoms with Crippen LogP contribution in [-0.2, 0) is 39.9 Å². The number of carbonyl (C=O) groups is 7. The van der Waals surface area contributed by atoms with Gasteiger partial charge in [-0.25, -0.2) is 18.4 Å². The van der Waals surface area contributed by atoms with Gasteiger partial charge in [-0.3, -0.25) is 24.0 Å². The highest BCUT2D eigenvalue weighted by molar-refractivity contribution is 6.30. The second kappa shape index (κ2) is 18.3. The summed E-state index contributed by atoms with van der Waals surface area (Å²) in [5, 5.41) is 21.5. The molecule has 6 rings (SSSR count). The Kier molecular flexibility index (Phi) is 13.4. The molecule has 19 heteroatoms. The number of hydrogen-bond donors (Lipinski definition) is 5. The Morgan fingerprint density at radius 3 is 2.25 bits per heavy atom. The van der Waals surface area contributed by atoms with E-state index in [0.717, 1.165) is 17.0 Å². The van der Waals surface area contributed by atoms with E-state index in [9.17, 15) is 47.4 Å². The number of halogens is 3. The molecule has 2 aromatic carbocycles. The van der Waals surface area contributed by atoms with Crippen LogP contribution in [0.25, 0.3) is 0 Å². The number of cyclic esters (lactones) is 1. The van der Waals surface area contributed by atoms with Crippen LogP contribution >= 0.6 is 11.6 Å². The molecule has 0 bridgehead atoms. The summed E-state index contributed by atoms with van der Waals surface area (Å²) < 4.78 is 34.5. The molecular weight excluding hydrogens is 796 g/mol. The van der Waals surface area contributed by atoms with E-state index < -0.39 is 108 Å². The number of anilines is 1. The number of nitrogens with zero attached hydrogens (tertiary/aromatic N) is 3. The number of hydrogen-bond acceptors (Lipinski definition) is 9. The van der Waals surface area contributed by atoms with Gasteiger partial charge in [-0.1, -0.05) is 18.5 Å². The molecule has 7 amide bonds. The molecule has 318 valence electrons. The minimum atomic E-state index is -1.75. The van der Waals surface area contributed by atoms with Crippen molar-refractivity contribution in [3.05, 3.63) is 64.7 Å². The lowest BCUT2D eigenvalue weighted by atomic mass is 9.98. The highest BCUT2D eigenvalue weighted by Gasteiger charge is 2.49. The van der Waals surface area contributed by atoms with Gasteiger partial charge in [0.15, 0.2) is 0 Å². The second-order valence-electron chi connectivity index (χ2n) is 15.8. The topological polar surface area (TPSA) is 207 Å².